The van der Waals surface area contributed by atoms with Crippen molar-refractivity contribution >= 4 is 38.8 Å². The summed E-state index contributed by atoms with van der Waals surface area (Å²) >= 11 is 3.50. The Hall–Kier alpha value is -3.19. The molecule has 0 saturated heterocycles. The van der Waals surface area contributed by atoms with Gasteiger partial charge in [-0.2, -0.15) is 4.98 Å². The lowest BCUT2D eigenvalue weighted by Crippen LogP contribution is -2.21. The Balaban J connectivity index is 1.50. The zero-order valence-corrected chi connectivity index (χ0v) is 18.4. The summed E-state index contributed by atoms with van der Waals surface area (Å²) in [6, 6.07) is 13.2. The number of aromatic nitrogens is 2. The van der Waals surface area contributed by atoms with E-state index in [9.17, 15) is 4.79 Å². The molecule has 4 aromatic rings. The van der Waals surface area contributed by atoms with E-state index >= 15 is 0 Å². The average Bonchev–Trinajstić information content (AvgIpc) is 3.13. The number of carbonyl (C=O) groups excluding carboxylic acids is 1. The van der Waals surface area contributed by atoms with Gasteiger partial charge in [0.1, 0.15) is 5.75 Å². The first-order chi connectivity index (χ1) is 14.4. The Morgan fingerprint density at radius 1 is 1.13 bits per heavy atom. The largest absolute Gasteiger partial charge is 0.482 e. The van der Waals surface area contributed by atoms with Crippen molar-refractivity contribution in [2.45, 2.75) is 20.8 Å². The van der Waals surface area contributed by atoms with Crippen LogP contribution in [0.3, 0.4) is 0 Å². The van der Waals surface area contributed by atoms with Crippen LogP contribution in [0, 0.1) is 20.8 Å². The van der Waals surface area contributed by atoms with Crippen molar-refractivity contribution in [3.05, 3.63) is 69.8 Å². The summed E-state index contributed by atoms with van der Waals surface area (Å²) < 4.78 is 12.4. The fourth-order valence-corrected chi connectivity index (χ4v) is 3.98. The Morgan fingerprint density at radius 3 is 2.73 bits per heavy atom. The Kier molecular flexibility index (Phi) is 5.55. The van der Waals surface area contributed by atoms with E-state index in [1.54, 1.807) is 12.3 Å². The van der Waals surface area contributed by atoms with Crippen LogP contribution in [-0.2, 0) is 4.79 Å². The van der Waals surface area contributed by atoms with Gasteiger partial charge in [-0.15, -0.1) is 0 Å². The first kappa shape index (κ1) is 20.1. The van der Waals surface area contributed by atoms with E-state index < -0.39 is 0 Å². The molecule has 1 N–H and O–H groups in total. The molecule has 0 atom stereocenters. The molecule has 7 heteroatoms. The number of nitrogens with one attached hydrogen (secondary N) is 1. The van der Waals surface area contributed by atoms with Crippen LogP contribution in [0.5, 0.6) is 5.75 Å². The van der Waals surface area contributed by atoms with Gasteiger partial charge in [0.25, 0.3) is 5.91 Å². The molecule has 0 saturated carbocycles. The van der Waals surface area contributed by atoms with E-state index in [1.807, 2.05) is 57.2 Å². The summed E-state index contributed by atoms with van der Waals surface area (Å²) in [4.78, 5) is 21.1. The molecule has 2 aromatic carbocycles. The third-order valence-electron chi connectivity index (χ3n) is 4.64. The van der Waals surface area contributed by atoms with E-state index in [1.165, 1.54) is 0 Å². The van der Waals surface area contributed by atoms with Crippen molar-refractivity contribution < 1.29 is 13.9 Å². The normalized spacial score (nSPS) is 10.9. The van der Waals surface area contributed by atoms with E-state index in [4.69, 9.17) is 9.15 Å². The van der Waals surface area contributed by atoms with Gasteiger partial charge in [0.2, 0.25) is 5.89 Å². The number of aryl methyl sites for hydroxylation is 3. The summed E-state index contributed by atoms with van der Waals surface area (Å²) in [7, 11) is 0. The molecule has 1 amide bonds. The van der Waals surface area contributed by atoms with Crippen molar-refractivity contribution in [2.24, 2.45) is 0 Å². The van der Waals surface area contributed by atoms with Crippen LogP contribution >= 0.6 is 15.9 Å². The highest BCUT2D eigenvalue weighted by Gasteiger charge is 2.13. The topological polar surface area (TPSA) is 77.2 Å². The first-order valence-electron chi connectivity index (χ1n) is 9.42. The fraction of sp³-hybridized carbons (Fsp3) is 0.174. The molecule has 0 aliphatic carbocycles. The number of benzene rings is 2. The molecular weight excluding hydrogens is 446 g/mol. The van der Waals surface area contributed by atoms with Crippen LogP contribution in [0.1, 0.15) is 16.7 Å². The number of rotatable bonds is 5. The second-order valence-electron chi connectivity index (χ2n) is 7.10. The number of anilines is 1. The van der Waals surface area contributed by atoms with Crippen LogP contribution < -0.4 is 10.1 Å². The van der Waals surface area contributed by atoms with Gasteiger partial charge in [-0.3, -0.25) is 4.79 Å². The molecule has 0 spiro atoms. The average molecular weight is 466 g/mol. The predicted octanol–water partition coefficient (Wildman–Crippen LogP) is 5.60. The van der Waals surface area contributed by atoms with E-state index in [0.717, 1.165) is 26.7 Å². The zero-order valence-electron chi connectivity index (χ0n) is 16.8. The van der Waals surface area contributed by atoms with Crippen LogP contribution in [0.4, 0.5) is 5.69 Å². The molecule has 0 unspecified atom stereocenters. The Labute approximate surface area is 182 Å². The summed E-state index contributed by atoms with van der Waals surface area (Å²) in [6.45, 7) is 5.79. The monoisotopic (exact) mass is 465 g/mol. The number of fused-ring (bicyclic) bond motifs is 1. The molecule has 0 radical (unpaired) electrons. The third-order valence-corrected chi connectivity index (χ3v) is 5.23. The van der Waals surface area contributed by atoms with Gasteiger partial charge in [0.15, 0.2) is 17.8 Å². The SMILES string of the molecule is Cc1cc(C)c(OCC(=O)Nc2cc(-c3nc4ncccc4o3)ccc2C)c(Br)c1. The van der Waals surface area contributed by atoms with E-state index in [0.29, 0.717) is 28.6 Å². The highest BCUT2D eigenvalue weighted by Crippen LogP contribution is 2.30. The van der Waals surface area contributed by atoms with Crippen LogP contribution in [0.2, 0.25) is 0 Å². The number of amides is 1. The van der Waals surface area contributed by atoms with Crippen molar-refractivity contribution in [1.29, 1.82) is 0 Å². The maximum atomic E-state index is 12.5. The molecule has 30 heavy (non-hydrogen) atoms. The lowest BCUT2D eigenvalue weighted by atomic mass is 10.1. The van der Waals surface area contributed by atoms with Crippen molar-refractivity contribution in [1.82, 2.24) is 9.97 Å². The molecule has 4 rings (SSSR count). The van der Waals surface area contributed by atoms with Crippen molar-refractivity contribution in [3.8, 4) is 17.2 Å². The summed E-state index contributed by atoms with van der Waals surface area (Å²) in [5.41, 5.74) is 5.62. The number of carbonyl (C=O) groups is 1. The maximum absolute atomic E-state index is 12.5. The Morgan fingerprint density at radius 2 is 1.97 bits per heavy atom. The molecule has 152 valence electrons. The van der Waals surface area contributed by atoms with Gasteiger partial charge in [0, 0.05) is 17.4 Å². The Bertz CT molecular complexity index is 1190. The fourth-order valence-electron chi connectivity index (χ4n) is 3.19. The second kappa shape index (κ2) is 8.28. The highest BCUT2D eigenvalue weighted by atomic mass is 79.9. The number of hydrogen-bond donors (Lipinski definition) is 1. The summed E-state index contributed by atoms with van der Waals surface area (Å²) in [5.74, 6) is 0.871. The van der Waals surface area contributed by atoms with Crippen LogP contribution in [0.15, 0.2) is 57.6 Å². The number of ether oxygens (including phenoxy) is 1. The van der Waals surface area contributed by atoms with E-state index in [2.05, 4.69) is 31.2 Å². The molecule has 0 aliphatic heterocycles. The molecule has 2 heterocycles. The minimum Gasteiger partial charge on any atom is -0.482 e. The third kappa shape index (κ3) is 4.21. The number of hydrogen-bond acceptors (Lipinski definition) is 5. The van der Waals surface area contributed by atoms with Gasteiger partial charge in [-0.25, -0.2) is 4.98 Å². The number of halogens is 1. The molecule has 0 bridgehead atoms. The van der Waals surface area contributed by atoms with Gasteiger partial charge in [-0.05, 0) is 83.7 Å². The molecular formula is C23H20BrN3O3. The lowest BCUT2D eigenvalue weighted by molar-refractivity contribution is -0.118. The molecule has 6 nitrogen and oxygen atoms in total. The first-order valence-corrected chi connectivity index (χ1v) is 10.2. The maximum Gasteiger partial charge on any atom is 0.262 e. The summed E-state index contributed by atoms with van der Waals surface area (Å²) in [6.07, 6.45) is 1.67. The van der Waals surface area contributed by atoms with Gasteiger partial charge in [0.05, 0.1) is 4.47 Å². The smallest absolute Gasteiger partial charge is 0.262 e. The van der Waals surface area contributed by atoms with Crippen LogP contribution in [-0.4, -0.2) is 22.5 Å². The quantitative estimate of drug-likeness (QED) is 0.415. The standard InChI is InChI=1S/C23H20BrN3O3/c1-13-9-15(3)21(17(24)10-13)29-12-20(28)26-18-11-16(7-6-14(18)2)23-27-22-19(30-23)5-4-8-25-22/h4-11H,12H2,1-3H3,(H,26,28). The van der Waals surface area contributed by atoms with Crippen molar-refractivity contribution in [2.75, 3.05) is 11.9 Å². The lowest BCUT2D eigenvalue weighted by Gasteiger charge is -2.13. The van der Waals surface area contributed by atoms with Crippen molar-refractivity contribution in [3.63, 3.8) is 0 Å². The van der Waals surface area contributed by atoms with E-state index in [-0.39, 0.29) is 12.5 Å². The minimum absolute atomic E-state index is 0.0982. The van der Waals surface area contributed by atoms with Gasteiger partial charge < -0.3 is 14.5 Å². The zero-order chi connectivity index (χ0) is 21.3. The number of pyridine rings is 1. The molecule has 0 aliphatic rings. The summed E-state index contributed by atoms with van der Waals surface area (Å²) in [5, 5.41) is 2.91. The second-order valence-corrected chi connectivity index (χ2v) is 7.96. The van der Waals surface area contributed by atoms with Gasteiger partial charge >= 0.3 is 0 Å². The van der Waals surface area contributed by atoms with Crippen LogP contribution in [0.25, 0.3) is 22.7 Å². The molecule has 0 fully saturated rings. The van der Waals surface area contributed by atoms with Gasteiger partial charge in [-0.1, -0.05) is 12.1 Å². The molecule has 2 aromatic heterocycles. The minimum atomic E-state index is -0.249. The number of oxazole rings is 1. The highest BCUT2D eigenvalue weighted by molar-refractivity contribution is 9.10. The number of nitrogens with zero attached hydrogens (tertiary/aromatic N) is 2. The predicted molar refractivity (Wildman–Crippen MR) is 120 cm³/mol.